The summed E-state index contributed by atoms with van der Waals surface area (Å²) in [5.74, 6) is 2.17. The van der Waals surface area contributed by atoms with Gasteiger partial charge in [-0.05, 0) is 24.3 Å². The average molecular weight is 479 g/mol. The Hall–Kier alpha value is -4.71. The number of hydrogen-bond donors (Lipinski definition) is 1. The Morgan fingerprint density at radius 3 is 1.92 bits per heavy atom. The summed E-state index contributed by atoms with van der Waals surface area (Å²) < 4.78 is 18.5. The lowest BCUT2D eigenvalue weighted by molar-refractivity contribution is 0.355. The molecular weight excluding hydrogens is 452 g/mol. The van der Waals surface area contributed by atoms with Gasteiger partial charge in [-0.15, -0.1) is 0 Å². The van der Waals surface area contributed by atoms with Crippen molar-refractivity contribution in [2.24, 2.45) is 0 Å². The first-order chi connectivity index (χ1) is 17.7. The van der Waals surface area contributed by atoms with Crippen LogP contribution in [0, 0.1) is 0 Å². The molecule has 0 radical (unpaired) electrons. The molecule has 0 saturated carbocycles. The second kappa shape index (κ2) is 9.88. The molecule has 0 atom stereocenters. The molecule has 180 valence electrons. The van der Waals surface area contributed by atoms with Gasteiger partial charge in [-0.3, -0.25) is 4.57 Å². The molecule has 0 aliphatic carbocycles. The van der Waals surface area contributed by atoms with Gasteiger partial charge in [-0.1, -0.05) is 66.7 Å². The molecule has 6 nitrogen and oxygen atoms in total. The van der Waals surface area contributed by atoms with Crippen molar-refractivity contribution in [2.75, 3.05) is 21.3 Å². The van der Waals surface area contributed by atoms with Crippen molar-refractivity contribution in [3.63, 3.8) is 0 Å². The first-order valence-electron chi connectivity index (χ1n) is 11.5. The first kappa shape index (κ1) is 23.1. The number of nitrogens with zero attached hydrogens (tertiary/aromatic N) is 2. The van der Waals surface area contributed by atoms with Crippen LogP contribution in [-0.2, 0) is 0 Å². The Bertz CT molecular complexity index is 1490. The van der Waals surface area contributed by atoms with Gasteiger partial charge < -0.3 is 19.3 Å². The fourth-order valence-corrected chi connectivity index (χ4v) is 4.34. The van der Waals surface area contributed by atoms with E-state index in [-0.39, 0.29) is 5.75 Å². The average Bonchev–Trinajstić information content (AvgIpc) is 3.34. The van der Waals surface area contributed by atoms with E-state index in [0.29, 0.717) is 28.6 Å². The standard InChI is InChI=1S/C30H26N2O4/c1-34-24-18-17-22(19-26(24)36-3)32-28(21-13-8-5-9-14-21)27(20-11-6-4-7-12-20)31-30(32)23-15-10-16-25(35-2)29(23)33/h4-19,33H,1-3H3. The van der Waals surface area contributed by atoms with Gasteiger partial charge in [-0.2, -0.15) is 0 Å². The van der Waals surface area contributed by atoms with Crippen LogP contribution in [0.3, 0.4) is 0 Å². The summed E-state index contributed by atoms with van der Waals surface area (Å²) in [5, 5.41) is 11.1. The molecule has 0 spiro atoms. The Morgan fingerprint density at radius 1 is 0.639 bits per heavy atom. The molecule has 36 heavy (non-hydrogen) atoms. The van der Waals surface area contributed by atoms with Crippen molar-refractivity contribution in [2.45, 2.75) is 0 Å². The number of benzene rings is 4. The lowest BCUT2D eigenvalue weighted by atomic mass is 10.0. The monoisotopic (exact) mass is 478 g/mol. The molecule has 4 aromatic carbocycles. The van der Waals surface area contributed by atoms with Crippen LogP contribution in [-0.4, -0.2) is 36.0 Å². The van der Waals surface area contributed by atoms with E-state index in [4.69, 9.17) is 19.2 Å². The lowest BCUT2D eigenvalue weighted by Gasteiger charge is -2.16. The van der Waals surface area contributed by atoms with Crippen LogP contribution in [0.1, 0.15) is 0 Å². The highest BCUT2D eigenvalue weighted by atomic mass is 16.5. The van der Waals surface area contributed by atoms with E-state index in [0.717, 1.165) is 28.2 Å². The van der Waals surface area contributed by atoms with Crippen LogP contribution in [0.2, 0.25) is 0 Å². The Morgan fingerprint density at radius 2 is 1.28 bits per heavy atom. The SMILES string of the molecule is COc1ccc(-n2c(-c3cccc(OC)c3O)nc(-c3ccccc3)c2-c2ccccc2)cc1OC. The largest absolute Gasteiger partial charge is 0.504 e. The number of methoxy groups -OCH3 is 3. The number of para-hydroxylation sites is 1. The zero-order valence-electron chi connectivity index (χ0n) is 20.3. The Kier molecular flexibility index (Phi) is 6.33. The summed E-state index contributed by atoms with van der Waals surface area (Å²) in [6.07, 6.45) is 0. The van der Waals surface area contributed by atoms with Gasteiger partial charge in [0.2, 0.25) is 0 Å². The molecule has 1 N–H and O–H groups in total. The van der Waals surface area contributed by atoms with Crippen molar-refractivity contribution in [1.82, 2.24) is 9.55 Å². The quantitative estimate of drug-likeness (QED) is 0.285. The topological polar surface area (TPSA) is 65.7 Å². The summed E-state index contributed by atoms with van der Waals surface area (Å²) in [7, 11) is 4.75. The number of imidazole rings is 1. The van der Waals surface area contributed by atoms with Crippen molar-refractivity contribution in [3.8, 4) is 62.6 Å². The first-order valence-corrected chi connectivity index (χ1v) is 11.5. The van der Waals surface area contributed by atoms with E-state index in [1.807, 2.05) is 83.4 Å². The minimum atomic E-state index is 0.0194. The van der Waals surface area contributed by atoms with Crippen LogP contribution >= 0.6 is 0 Å². The molecule has 0 aliphatic rings. The molecular formula is C30H26N2O4. The molecule has 1 aromatic heterocycles. The Balaban J connectivity index is 1.91. The van der Waals surface area contributed by atoms with Gasteiger partial charge in [0.05, 0.1) is 44.0 Å². The third-order valence-corrected chi connectivity index (χ3v) is 6.06. The summed E-state index contributed by atoms with van der Waals surface area (Å²) in [5.41, 5.74) is 4.95. The van der Waals surface area contributed by atoms with Gasteiger partial charge in [0.1, 0.15) is 5.82 Å². The van der Waals surface area contributed by atoms with Gasteiger partial charge in [0.15, 0.2) is 23.0 Å². The maximum Gasteiger partial charge on any atom is 0.168 e. The molecule has 0 saturated heterocycles. The van der Waals surface area contributed by atoms with E-state index in [9.17, 15) is 5.11 Å². The second-order valence-electron chi connectivity index (χ2n) is 8.10. The van der Waals surface area contributed by atoms with Gasteiger partial charge >= 0.3 is 0 Å². The minimum Gasteiger partial charge on any atom is -0.504 e. The number of aromatic hydroxyl groups is 1. The van der Waals surface area contributed by atoms with Crippen molar-refractivity contribution >= 4 is 0 Å². The lowest BCUT2D eigenvalue weighted by Crippen LogP contribution is -2.02. The third kappa shape index (κ3) is 4.03. The maximum absolute atomic E-state index is 11.1. The predicted octanol–water partition coefficient (Wildman–Crippen LogP) is 6.60. The molecule has 0 unspecified atom stereocenters. The normalized spacial score (nSPS) is 10.8. The van der Waals surface area contributed by atoms with E-state index in [1.165, 1.54) is 7.11 Å². The fraction of sp³-hybridized carbons (Fsp3) is 0.100. The molecule has 0 aliphatic heterocycles. The summed E-state index contributed by atoms with van der Waals surface area (Å²) in [6.45, 7) is 0. The van der Waals surface area contributed by atoms with Crippen molar-refractivity contribution < 1.29 is 19.3 Å². The number of hydrogen-bond acceptors (Lipinski definition) is 5. The second-order valence-corrected chi connectivity index (χ2v) is 8.10. The highest BCUT2D eigenvalue weighted by Gasteiger charge is 2.25. The zero-order valence-corrected chi connectivity index (χ0v) is 20.3. The molecule has 5 rings (SSSR count). The van der Waals surface area contributed by atoms with Crippen molar-refractivity contribution in [1.29, 1.82) is 0 Å². The van der Waals surface area contributed by atoms with Crippen molar-refractivity contribution in [3.05, 3.63) is 97.1 Å². The third-order valence-electron chi connectivity index (χ3n) is 6.06. The van der Waals surface area contributed by atoms with Crippen LogP contribution in [0.25, 0.3) is 39.6 Å². The number of rotatable bonds is 7. The number of aromatic nitrogens is 2. The predicted molar refractivity (Wildman–Crippen MR) is 141 cm³/mol. The van der Waals surface area contributed by atoms with Crippen LogP contribution in [0.5, 0.6) is 23.0 Å². The summed E-state index contributed by atoms with van der Waals surface area (Å²) >= 11 is 0. The van der Waals surface area contributed by atoms with Crippen LogP contribution in [0.4, 0.5) is 0 Å². The van der Waals surface area contributed by atoms with Gasteiger partial charge in [0, 0.05) is 17.2 Å². The molecule has 0 bridgehead atoms. The van der Waals surface area contributed by atoms with Gasteiger partial charge in [-0.25, -0.2) is 4.98 Å². The Labute approximate surface area is 210 Å². The molecule has 1 heterocycles. The summed E-state index contributed by atoms with van der Waals surface area (Å²) in [4.78, 5) is 5.11. The smallest absolute Gasteiger partial charge is 0.168 e. The van der Waals surface area contributed by atoms with Gasteiger partial charge in [0.25, 0.3) is 0 Å². The molecule has 6 heteroatoms. The highest BCUT2D eigenvalue weighted by molar-refractivity contribution is 5.85. The highest BCUT2D eigenvalue weighted by Crippen LogP contribution is 2.44. The fourth-order valence-electron chi connectivity index (χ4n) is 4.34. The number of ether oxygens (including phenoxy) is 3. The molecule has 0 fully saturated rings. The molecule has 5 aromatic rings. The van der Waals surface area contributed by atoms with E-state index >= 15 is 0 Å². The molecule has 0 amide bonds. The zero-order chi connectivity index (χ0) is 25.1. The van der Waals surface area contributed by atoms with E-state index < -0.39 is 0 Å². The number of phenolic OH excluding ortho intramolecular Hbond substituents is 1. The van der Waals surface area contributed by atoms with Crippen LogP contribution < -0.4 is 14.2 Å². The van der Waals surface area contributed by atoms with E-state index in [2.05, 4.69) is 12.1 Å². The van der Waals surface area contributed by atoms with Crippen LogP contribution in [0.15, 0.2) is 97.1 Å². The summed E-state index contributed by atoms with van der Waals surface area (Å²) in [6, 6.07) is 31.2. The van der Waals surface area contributed by atoms with E-state index in [1.54, 1.807) is 20.3 Å². The minimum absolute atomic E-state index is 0.0194. The maximum atomic E-state index is 11.1. The number of phenols is 1.